The summed E-state index contributed by atoms with van der Waals surface area (Å²) in [5.74, 6) is 0.912. The zero-order valence-corrected chi connectivity index (χ0v) is 19.2. The van der Waals surface area contributed by atoms with Gasteiger partial charge >= 0.3 is 168 Å². The molecular weight excluding hydrogens is 439 g/mol. The van der Waals surface area contributed by atoms with E-state index in [9.17, 15) is 0 Å². The van der Waals surface area contributed by atoms with E-state index in [1.165, 1.54) is 21.5 Å². The van der Waals surface area contributed by atoms with E-state index in [0.717, 1.165) is 11.9 Å². The first-order chi connectivity index (χ1) is 13.8. The number of methoxy groups -OCH3 is 1. The summed E-state index contributed by atoms with van der Waals surface area (Å²) in [4.78, 5) is 0. The Morgan fingerprint density at radius 3 is 1.45 bits per heavy atom. The summed E-state index contributed by atoms with van der Waals surface area (Å²) < 4.78 is 5.50. The Kier molecular flexibility index (Phi) is 7.25. The quantitative estimate of drug-likeness (QED) is 0.342. The second-order valence-corrected chi connectivity index (χ2v) is 10.9. The van der Waals surface area contributed by atoms with Crippen LogP contribution in [0.25, 0.3) is 0 Å². The molecule has 0 saturated carbocycles. The monoisotopic (exact) mass is 464 g/mol. The van der Waals surface area contributed by atoms with Crippen LogP contribution in [-0.2, 0) is 6.16 Å². The Balaban J connectivity index is 0.00000240. The van der Waals surface area contributed by atoms with Gasteiger partial charge in [-0.3, -0.25) is 0 Å². The average Bonchev–Trinajstić information content (AvgIpc) is 2.79. The van der Waals surface area contributed by atoms with Gasteiger partial charge in [0.1, 0.15) is 0 Å². The van der Waals surface area contributed by atoms with E-state index in [1.807, 2.05) is 6.07 Å². The molecule has 0 fully saturated rings. The number of halogens is 1. The Morgan fingerprint density at radius 2 is 1.03 bits per heavy atom. The summed E-state index contributed by atoms with van der Waals surface area (Å²) in [5.41, 5.74) is 1.31. The van der Waals surface area contributed by atoms with E-state index in [1.54, 1.807) is 7.11 Å². The van der Waals surface area contributed by atoms with Crippen LogP contribution in [0.2, 0.25) is 0 Å². The topological polar surface area (TPSA) is 9.23 Å². The summed E-state index contributed by atoms with van der Waals surface area (Å²) in [6.45, 7) is 0. The Morgan fingerprint density at radius 1 is 0.586 bits per heavy atom. The predicted octanol–water partition coefficient (Wildman–Crippen LogP) is 5.50. The van der Waals surface area contributed by atoms with Crippen LogP contribution in [0.4, 0.5) is 0 Å². The third kappa shape index (κ3) is 4.45. The van der Waals surface area contributed by atoms with Crippen LogP contribution in [0.5, 0.6) is 5.75 Å². The number of hydrogen-bond donors (Lipinski definition) is 0. The first-order valence-electron chi connectivity index (χ1n) is 9.62. The Labute approximate surface area is 184 Å². The molecule has 0 aromatic heterocycles. The van der Waals surface area contributed by atoms with Crippen molar-refractivity contribution in [2.24, 2.45) is 0 Å². The second-order valence-electron chi connectivity index (χ2n) is 7.03. The molecule has 0 aliphatic rings. The van der Waals surface area contributed by atoms with Gasteiger partial charge in [-0.05, 0) is 0 Å². The van der Waals surface area contributed by atoms with E-state index >= 15 is 0 Å². The van der Waals surface area contributed by atoms with E-state index < -0.39 is 7.26 Å². The second kappa shape index (κ2) is 9.87. The molecule has 148 valence electrons. The van der Waals surface area contributed by atoms with Crippen molar-refractivity contribution in [1.29, 1.82) is 0 Å². The molecule has 3 heteroatoms. The van der Waals surface area contributed by atoms with Crippen molar-refractivity contribution in [3.05, 3.63) is 121 Å². The molecule has 4 rings (SSSR count). The molecule has 0 aliphatic carbocycles. The molecule has 0 bridgehead atoms. The Hall–Kier alpha value is -2.41. The van der Waals surface area contributed by atoms with Crippen molar-refractivity contribution in [1.82, 2.24) is 0 Å². The summed E-state index contributed by atoms with van der Waals surface area (Å²) in [7, 11) is -0.524. The third-order valence-corrected chi connectivity index (χ3v) is 10.3. The normalized spacial score (nSPS) is 11.3. The summed E-state index contributed by atoms with van der Waals surface area (Å²) in [6, 6.07) is 41.6. The van der Waals surface area contributed by atoms with Crippen molar-refractivity contribution in [3.8, 4) is 5.75 Å². The SMILES string of the molecule is Br.COc1cccc(C[PH](c2ccccc2)(c2ccccc2)c2ccccc2)c1. The van der Waals surface area contributed by atoms with Crippen molar-refractivity contribution >= 4 is 40.2 Å². The molecule has 0 amide bonds. The van der Waals surface area contributed by atoms with E-state index in [4.69, 9.17) is 4.74 Å². The van der Waals surface area contributed by atoms with Crippen LogP contribution >= 0.6 is 24.2 Å². The van der Waals surface area contributed by atoms with Crippen LogP contribution in [0.3, 0.4) is 0 Å². The third-order valence-electron chi connectivity index (χ3n) is 5.40. The van der Waals surface area contributed by atoms with Gasteiger partial charge in [0, 0.05) is 0 Å². The molecular formula is C26H26BrOP. The Bertz CT molecular complexity index is 923. The van der Waals surface area contributed by atoms with Gasteiger partial charge in [-0.2, -0.15) is 0 Å². The molecule has 0 aliphatic heterocycles. The molecule has 4 aromatic carbocycles. The fourth-order valence-corrected chi connectivity index (χ4v) is 8.79. The van der Waals surface area contributed by atoms with Gasteiger partial charge in [0.15, 0.2) is 0 Å². The summed E-state index contributed by atoms with van der Waals surface area (Å²) in [6.07, 6.45) is 0.988. The van der Waals surface area contributed by atoms with Gasteiger partial charge in [0.05, 0.1) is 0 Å². The van der Waals surface area contributed by atoms with Crippen molar-refractivity contribution < 1.29 is 4.74 Å². The average molecular weight is 465 g/mol. The molecule has 0 saturated heterocycles. The standard InChI is InChI=1S/C26H25OP.BrH/c1-27-23-13-11-12-22(20-23)21-28(24-14-5-2-6-15-24,25-16-7-3-8-17-25)26-18-9-4-10-19-26;/h2-20,28H,21H2,1H3;1H. The van der Waals surface area contributed by atoms with Gasteiger partial charge in [-0.25, -0.2) is 0 Å². The zero-order chi connectivity index (χ0) is 19.2. The number of hydrogen-bond acceptors (Lipinski definition) is 1. The molecule has 0 radical (unpaired) electrons. The molecule has 1 nitrogen and oxygen atoms in total. The van der Waals surface area contributed by atoms with Crippen LogP contribution in [0, 0.1) is 0 Å². The van der Waals surface area contributed by atoms with Crippen molar-refractivity contribution in [2.75, 3.05) is 7.11 Å². The number of benzene rings is 4. The first-order valence-corrected chi connectivity index (χ1v) is 11.8. The van der Waals surface area contributed by atoms with Crippen LogP contribution in [0.15, 0.2) is 115 Å². The van der Waals surface area contributed by atoms with Crippen LogP contribution < -0.4 is 20.7 Å². The van der Waals surface area contributed by atoms with E-state index in [2.05, 4.69) is 109 Å². The maximum atomic E-state index is 5.50. The minimum atomic E-state index is -2.26. The molecule has 29 heavy (non-hydrogen) atoms. The minimum absolute atomic E-state index is 0. The molecule has 0 atom stereocenters. The van der Waals surface area contributed by atoms with Gasteiger partial charge < -0.3 is 0 Å². The van der Waals surface area contributed by atoms with Crippen molar-refractivity contribution in [2.45, 2.75) is 6.16 Å². The number of rotatable bonds is 6. The predicted molar refractivity (Wildman–Crippen MR) is 134 cm³/mol. The van der Waals surface area contributed by atoms with Gasteiger partial charge in [-0.1, -0.05) is 0 Å². The van der Waals surface area contributed by atoms with Gasteiger partial charge in [0.2, 0.25) is 0 Å². The van der Waals surface area contributed by atoms with E-state index in [0.29, 0.717) is 0 Å². The number of ether oxygens (including phenoxy) is 1. The molecule has 0 spiro atoms. The molecule has 0 heterocycles. The first kappa shape index (κ1) is 21.3. The van der Waals surface area contributed by atoms with Crippen LogP contribution in [-0.4, -0.2) is 7.11 Å². The fourth-order valence-electron chi connectivity index (χ4n) is 4.06. The molecule has 0 N–H and O–H groups in total. The summed E-state index contributed by atoms with van der Waals surface area (Å²) in [5, 5.41) is 4.28. The molecule has 0 unspecified atom stereocenters. The fraction of sp³-hybridized carbons (Fsp3) is 0.0769. The van der Waals surface area contributed by atoms with Crippen molar-refractivity contribution in [3.63, 3.8) is 0 Å². The van der Waals surface area contributed by atoms with Gasteiger partial charge in [0.25, 0.3) is 0 Å². The molecule has 4 aromatic rings. The van der Waals surface area contributed by atoms with E-state index in [-0.39, 0.29) is 17.0 Å². The zero-order valence-electron chi connectivity index (χ0n) is 16.5. The van der Waals surface area contributed by atoms with Gasteiger partial charge in [-0.15, -0.1) is 17.0 Å². The van der Waals surface area contributed by atoms with Crippen LogP contribution in [0.1, 0.15) is 5.56 Å². The summed E-state index contributed by atoms with van der Waals surface area (Å²) >= 11 is 0. The maximum absolute atomic E-state index is 5.50.